The third-order valence-corrected chi connectivity index (χ3v) is 4.29. The lowest BCUT2D eigenvalue weighted by Crippen LogP contribution is -2.54. The lowest BCUT2D eigenvalue weighted by atomic mass is 10.1. The van der Waals surface area contributed by atoms with Crippen molar-refractivity contribution in [3.8, 4) is 5.75 Å². The van der Waals surface area contributed by atoms with Gasteiger partial charge in [0.15, 0.2) is 5.11 Å². The number of rotatable bonds is 5. The minimum Gasteiger partial charge on any atom is -0.491 e. The number of thiocarbonyl (C=S) groups is 1. The first-order chi connectivity index (χ1) is 13.0. The van der Waals surface area contributed by atoms with E-state index in [1.54, 1.807) is 48.5 Å². The summed E-state index contributed by atoms with van der Waals surface area (Å²) < 4.78 is 5.45. The Kier molecular flexibility index (Phi) is 5.85. The summed E-state index contributed by atoms with van der Waals surface area (Å²) in [4.78, 5) is 26.5. The van der Waals surface area contributed by atoms with Gasteiger partial charge < -0.3 is 9.84 Å². The number of hydrogen-bond acceptors (Lipinski definition) is 5. The monoisotopic (exact) mass is 402 g/mol. The van der Waals surface area contributed by atoms with Gasteiger partial charge in [0.05, 0.1) is 12.3 Å². The maximum absolute atomic E-state index is 13.0. The van der Waals surface area contributed by atoms with E-state index >= 15 is 0 Å². The van der Waals surface area contributed by atoms with Crippen molar-refractivity contribution in [1.29, 1.82) is 0 Å². The van der Waals surface area contributed by atoms with E-state index in [4.69, 9.17) is 33.7 Å². The minimum absolute atomic E-state index is 0.00529. The Morgan fingerprint density at radius 3 is 2.56 bits per heavy atom. The molecule has 27 heavy (non-hydrogen) atoms. The molecule has 138 valence electrons. The molecule has 0 saturated carbocycles. The van der Waals surface area contributed by atoms with E-state index in [2.05, 4.69) is 5.32 Å². The third-order valence-electron chi connectivity index (χ3n) is 3.75. The van der Waals surface area contributed by atoms with Crippen molar-refractivity contribution >= 4 is 52.5 Å². The van der Waals surface area contributed by atoms with Crippen LogP contribution < -0.4 is 15.0 Å². The fourth-order valence-corrected chi connectivity index (χ4v) is 2.93. The van der Waals surface area contributed by atoms with Crippen molar-refractivity contribution in [3.05, 3.63) is 64.7 Å². The number of carbonyl (C=O) groups is 2. The van der Waals surface area contributed by atoms with E-state index in [0.717, 1.165) is 0 Å². The molecule has 3 rings (SSSR count). The summed E-state index contributed by atoms with van der Waals surface area (Å²) in [5.41, 5.74) is 0.942. The average Bonchev–Trinajstić information content (AvgIpc) is 2.65. The molecule has 0 radical (unpaired) electrons. The third kappa shape index (κ3) is 4.16. The topological polar surface area (TPSA) is 78.9 Å². The second kappa shape index (κ2) is 8.30. The standard InChI is InChI=1S/C19H15ClN2O4S/c20-13-5-7-14(8-6-13)22-18(25)15(17(24)21-19(22)27)11-12-3-1-2-4-16(12)26-10-9-23/h1-8,11,23H,9-10H2,(H,21,24,27)/b15-11-. The van der Waals surface area contributed by atoms with Gasteiger partial charge in [0.2, 0.25) is 0 Å². The summed E-state index contributed by atoms with van der Waals surface area (Å²) >= 11 is 11.0. The van der Waals surface area contributed by atoms with Crippen LogP contribution in [0, 0.1) is 0 Å². The highest BCUT2D eigenvalue weighted by Crippen LogP contribution is 2.26. The van der Waals surface area contributed by atoms with Crippen molar-refractivity contribution in [2.75, 3.05) is 18.1 Å². The fourth-order valence-electron chi connectivity index (χ4n) is 2.52. The fraction of sp³-hybridized carbons (Fsp3) is 0.105. The number of nitrogens with one attached hydrogen (secondary N) is 1. The Morgan fingerprint density at radius 1 is 1.15 bits per heavy atom. The zero-order valence-electron chi connectivity index (χ0n) is 14.0. The average molecular weight is 403 g/mol. The molecule has 0 atom stereocenters. The Balaban J connectivity index is 1.99. The van der Waals surface area contributed by atoms with E-state index in [9.17, 15) is 9.59 Å². The van der Waals surface area contributed by atoms with Crippen molar-refractivity contribution in [2.24, 2.45) is 0 Å². The van der Waals surface area contributed by atoms with E-state index < -0.39 is 11.8 Å². The van der Waals surface area contributed by atoms with Gasteiger partial charge in [-0.05, 0) is 48.6 Å². The number of aliphatic hydroxyl groups excluding tert-OH is 1. The molecule has 1 heterocycles. The van der Waals surface area contributed by atoms with Crippen LogP contribution in [0.3, 0.4) is 0 Å². The molecule has 0 aliphatic carbocycles. The highest BCUT2D eigenvalue weighted by molar-refractivity contribution is 7.80. The molecule has 0 bridgehead atoms. The molecule has 8 heteroatoms. The van der Waals surface area contributed by atoms with E-state index in [-0.39, 0.29) is 23.9 Å². The molecule has 1 aliphatic heterocycles. The molecule has 2 N–H and O–H groups in total. The van der Waals surface area contributed by atoms with Crippen LogP contribution in [0.25, 0.3) is 6.08 Å². The number of benzene rings is 2. The Bertz CT molecular complexity index is 928. The van der Waals surface area contributed by atoms with Crippen LogP contribution >= 0.6 is 23.8 Å². The van der Waals surface area contributed by atoms with Crippen LogP contribution in [-0.2, 0) is 9.59 Å². The van der Waals surface area contributed by atoms with Gasteiger partial charge in [0.25, 0.3) is 11.8 Å². The van der Waals surface area contributed by atoms with Crippen LogP contribution in [0.15, 0.2) is 54.1 Å². The minimum atomic E-state index is -0.591. The van der Waals surface area contributed by atoms with Crippen LogP contribution in [0.2, 0.25) is 5.02 Å². The van der Waals surface area contributed by atoms with Crippen LogP contribution in [0.4, 0.5) is 5.69 Å². The molecule has 0 spiro atoms. The molecule has 0 unspecified atom stereocenters. The number of ether oxygens (including phenoxy) is 1. The first-order valence-electron chi connectivity index (χ1n) is 8.01. The van der Waals surface area contributed by atoms with Gasteiger partial charge in [-0.25, -0.2) is 0 Å². The van der Waals surface area contributed by atoms with Crippen LogP contribution in [-0.4, -0.2) is 35.2 Å². The van der Waals surface area contributed by atoms with Crippen LogP contribution in [0.5, 0.6) is 5.75 Å². The smallest absolute Gasteiger partial charge is 0.270 e. The van der Waals surface area contributed by atoms with Gasteiger partial charge in [-0.2, -0.15) is 0 Å². The summed E-state index contributed by atoms with van der Waals surface area (Å²) in [5.74, 6) is -0.693. The van der Waals surface area contributed by atoms with Crippen molar-refractivity contribution in [3.63, 3.8) is 0 Å². The zero-order valence-corrected chi connectivity index (χ0v) is 15.6. The van der Waals surface area contributed by atoms with Gasteiger partial charge in [-0.3, -0.25) is 19.8 Å². The molecular formula is C19H15ClN2O4S. The second-order valence-electron chi connectivity index (χ2n) is 5.54. The predicted molar refractivity (Wildman–Crippen MR) is 107 cm³/mol. The molecule has 1 aliphatic rings. The molecule has 1 fully saturated rings. The number of halogens is 1. The predicted octanol–water partition coefficient (Wildman–Crippen LogP) is 2.54. The maximum atomic E-state index is 13.0. The van der Waals surface area contributed by atoms with Gasteiger partial charge in [0, 0.05) is 10.6 Å². The van der Waals surface area contributed by atoms with Crippen molar-refractivity contribution < 1.29 is 19.4 Å². The summed E-state index contributed by atoms with van der Waals surface area (Å²) in [6.07, 6.45) is 1.44. The SMILES string of the molecule is O=C1NC(=S)N(c2ccc(Cl)cc2)C(=O)/C1=C\c1ccccc1OCCO. The highest BCUT2D eigenvalue weighted by Gasteiger charge is 2.34. The first kappa shape index (κ1) is 19.0. The molecule has 6 nitrogen and oxygen atoms in total. The molecule has 2 aromatic rings. The van der Waals surface area contributed by atoms with Gasteiger partial charge >= 0.3 is 0 Å². The van der Waals surface area contributed by atoms with Gasteiger partial charge in [0.1, 0.15) is 17.9 Å². The van der Waals surface area contributed by atoms with Crippen molar-refractivity contribution in [1.82, 2.24) is 5.32 Å². The normalized spacial score (nSPS) is 15.9. The summed E-state index contributed by atoms with van der Waals surface area (Å²) in [5, 5.41) is 12.0. The Morgan fingerprint density at radius 2 is 1.85 bits per heavy atom. The number of para-hydroxylation sites is 1. The number of anilines is 1. The number of nitrogens with zero attached hydrogens (tertiary/aromatic N) is 1. The number of aliphatic hydroxyl groups is 1. The summed E-state index contributed by atoms with van der Waals surface area (Å²) in [6, 6.07) is 13.4. The largest absolute Gasteiger partial charge is 0.491 e. The molecule has 2 aromatic carbocycles. The number of hydrogen-bond donors (Lipinski definition) is 2. The molecule has 2 amide bonds. The Labute approximate surface area is 166 Å². The highest BCUT2D eigenvalue weighted by atomic mass is 35.5. The lowest BCUT2D eigenvalue weighted by molar-refractivity contribution is -0.122. The Hall–Kier alpha value is -2.74. The first-order valence-corrected chi connectivity index (χ1v) is 8.79. The zero-order chi connectivity index (χ0) is 19.4. The van der Waals surface area contributed by atoms with Gasteiger partial charge in [-0.1, -0.05) is 29.8 Å². The van der Waals surface area contributed by atoms with Crippen LogP contribution in [0.1, 0.15) is 5.56 Å². The molecular weight excluding hydrogens is 388 g/mol. The second-order valence-corrected chi connectivity index (χ2v) is 6.37. The van der Waals surface area contributed by atoms with Gasteiger partial charge in [-0.15, -0.1) is 0 Å². The lowest BCUT2D eigenvalue weighted by Gasteiger charge is -2.29. The number of carbonyl (C=O) groups excluding carboxylic acids is 2. The van der Waals surface area contributed by atoms with E-state index in [0.29, 0.717) is 22.0 Å². The maximum Gasteiger partial charge on any atom is 0.270 e. The van der Waals surface area contributed by atoms with E-state index in [1.165, 1.54) is 11.0 Å². The number of amides is 2. The summed E-state index contributed by atoms with van der Waals surface area (Å²) in [7, 11) is 0. The molecule has 1 saturated heterocycles. The quantitative estimate of drug-likeness (QED) is 0.456. The van der Waals surface area contributed by atoms with Crippen molar-refractivity contribution in [2.45, 2.75) is 0 Å². The summed E-state index contributed by atoms with van der Waals surface area (Å²) in [6.45, 7) is -0.0513. The van der Waals surface area contributed by atoms with E-state index in [1.807, 2.05) is 0 Å². The molecule has 0 aromatic heterocycles.